The van der Waals surface area contributed by atoms with Crippen molar-refractivity contribution < 1.29 is 14.1 Å². The lowest BCUT2D eigenvalue weighted by Gasteiger charge is -2.10. The molecule has 3 aromatic carbocycles. The first-order valence-corrected chi connectivity index (χ1v) is 11.5. The number of carbonyl (C=O) groups is 1. The number of halogens is 1. The molecule has 0 radical (unpaired) electrons. The zero-order valence-electron chi connectivity index (χ0n) is 18.9. The number of anilines is 1. The third kappa shape index (κ3) is 5.85. The molecule has 0 atom stereocenters. The molecule has 0 saturated carbocycles. The number of nitrogens with one attached hydrogen (secondary N) is 1. The van der Waals surface area contributed by atoms with Gasteiger partial charge in [-0.1, -0.05) is 71.4 Å². The van der Waals surface area contributed by atoms with Gasteiger partial charge in [0.2, 0.25) is 16.9 Å². The van der Waals surface area contributed by atoms with Gasteiger partial charge in [-0.05, 0) is 26.0 Å². The van der Waals surface area contributed by atoms with Gasteiger partial charge in [-0.2, -0.15) is 4.39 Å². The van der Waals surface area contributed by atoms with Gasteiger partial charge in [0.1, 0.15) is 11.4 Å². The van der Waals surface area contributed by atoms with E-state index in [1.807, 2.05) is 62.4 Å². The Morgan fingerprint density at radius 3 is 2.14 bits per heavy atom. The van der Waals surface area contributed by atoms with E-state index in [1.165, 1.54) is 6.07 Å². The number of aryl methyl sites for hydroxylation is 2. The molecule has 176 valence electrons. The fraction of sp³-hybridized carbons (Fsp3) is 0.120. The van der Waals surface area contributed by atoms with E-state index in [4.69, 9.17) is 0 Å². The molecule has 1 amide bonds. The van der Waals surface area contributed by atoms with Crippen molar-refractivity contribution >= 4 is 29.0 Å². The zero-order valence-corrected chi connectivity index (χ0v) is 19.7. The molecule has 4 aromatic rings. The van der Waals surface area contributed by atoms with Crippen LogP contribution < -0.4 is 5.32 Å². The number of hydrogen-bond donors (Lipinski definition) is 1. The van der Waals surface area contributed by atoms with Gasteiger partial charge < -0.3 is 5.32 Å². The first kappa shape index (κ1) is 24.0. The maximum atomic E-state index is 13.5. The minimum Gasteiger partial charge on any atom is -0.325 e. The largest absolute Gasteiger partial charge is 0.325 e. The van der Waals surface area contributed by atoms with Crippen molar-refractivity contribution in [1.82, 2.24) is 15.2 Å². The highest BCUT2D eigenvalue weighted by atomic mass is 32.2. The van der Waals surface area contributed by atoms with Gasteiger partial charge in [-0.15, -0.1) is 10.2 Å². The Labute approximate surface area is 204 Å². The molecule has 0 fully saturated rings. The number of amides is 1. The second-order valence-electron chi connectivity index (χ2n) is 7.78. The number of nitro benzene ring substituents is 1. The van der Waals surface area contributed by atoms with E-state index in [-0.39, 0.29) is 11.4 Å². The van der Waals surface area contributed by atoms with Gasteiger partial charge in [0.25, 0.3) is 0 Å². The molecule has 0 bridgehead atoms. The first-order chi connectivity index (χ1) is 16.8. The summed E-state index contributed by atoms with van der Waals surface area (Å²) in [7, 11) is 0. The van der Waals surface area contributed by atoms with Gasteiger partial charge in [0.05, 0.1) is 10.7 Å². The summed E-state index contributed by atoms with van der Waals surface area (Å²) in [6.07, 6.45) is 0. The average Bonchev–Trinajstić information content (AvgIpc) is 2.85. The summed E-state index contributed by atoms with van der Waals surface area (Å²) in [5.41, 5.74) is 4.65. The SMILES string of the molecule is Cc1ccc(-c2nnc(SCC(=O)Nc3ccc(F)c([N+](=O)[O-])c3)nc2-c2ccc(C)cc2)cc1. The van der Waals surface area contributed by atoms with Crippen LogP contribution in [0.2, 0.25) is 0 Å². The quantitative estimate of drug-likeness (QED) is 0.204. The predicted molar refractivity (Wildman–Crippen MR) is 133 cm³/mol. The van der Waals surface area contributed by atoms with Crippen LogP contribution in [0.4, 0.5) is 15.8 Å². The van der Waals surface area contributed by atoms with Crippen LogP contribution in [-0.4, -0.2) is 31.8 Å². The molecule has 0 unspecified atom stereocenters. The van der Waals surface area contributed by atoms with Crippen LogP contribution in [0, 0.1) is 29.8 Å². The summed E-state index contributed by atoms with van der Waals surface area (Å²) in [6.45, 7) is 4.00. The summed E-state index contributed by atoms with van der Waals surface area (Å²) in [6, 6.07) is 19.0. The maximum Gasteiger partial charge on any atom is 0.306 e. The number of carbonyl (C=O) groups excluding carboxylic acids is 1. The number of aromatic nitrogens is 3. The van der Waals surface area contributed by atoms with Crippen LogP contribution in [0.15, 0.2) is 71.9 Å². The summed E-state index contributed by atoms with van der Waals surface area (Å²) in [5, 5.41) is 22.3. The van der Waals surface area contributed by atoms with Crippen molar-refractivity contribution in [3.63, 3.8) is 0 Å². The Morgan fingerprint density at radius 2 is 1.54 bits per heavy atom. The third-order valence-electron chi connectivity index (χ3n) is 5.08. The molecule has 0 aliphatic heterocycles. The second-order valence-corrected chi connectivity index (χ2v) is 8.73. The molecule has 0 aliphatic rings. The van der Waals surface area contributed by atoms with Crippen molar-refractivity contribution in [2.24, 2.45) is 0 Å². The highest BCUT2D eigenvalue weighted by Crippen LogP contribution is 2.30. The van der Waals surface area contributed by atoms with Crippen LogP contribution in [0.1, 0.15) is 11.1 Å². The number of hydrogen-bond acceptors (Lipinski definition) is 7. The number of benzene rings is 3. The maximum absolute atomic E-state index is 13.5. The summed E-state index contributed by atoms with van der Waals surface area (Å²) >= 11 is 1.08. The van der Waals surface area contributed by atoms with Crippen LogP contribution in [0.3, 0.4) is 0 Å². The lowest BCUT2D eigenvalue weighted by atomic mass is 10.0. The van der Waals surface area contributed by atoms with Gasteiger partial charge in [-0.3, -0.25) is 14.9 Å². The molecular formula is C25H20FN5O3S. The van der Waals surface area contributed by atoms with Gasteiger partial charge in [0.15, 0.2) is 0 Å². The van der Waals surface area contributed by atoms with Gasteiger partial charge >= 0.3 is 5.69 Å². The minimum absolute atomic E-state index is 0.0654. The molecule has 1 aromatic heterocycles. The predicted octanol–water partition coefficient (Wildman–Crippen LogP) is 5.60. The summed E-state index contributed by atoms with van der Waals surface area (Å²) < 4.78 is 13.5. The molecule has 0 aliphatic carbocycles. The highest BCUT2D eigenvalue weighted by Gasteiger charge is 2.17. The molecule has 0 spiro atoms. The summed E-state index contributed by atoms with van der Waals surface area (Å²) in [5.74, 6) is -1.48. The van der Waals surface area contributed by atoms with E-state index in [2.05, 4.69) is 20.5 Å². The molecule has 0 saturated heterocycles. The Bertz CT molecular complexity index is 1400. The number of nitrogens with zero attached hydrogens (tertiary/aromatic N) is 4. The van der Waals surface area contributed by atoms with Crippen molar-refractivity contribution in [3.05, 3.63) is 93.8 Å². The Morgan fingerprint density at radius 1 is 0.943 bits per heavy atom. The monoisotopic (exact) mass is 489 g/mol. The lowest BCUT2D eigenvalue weighted by Crippen LogP contribution is -2.14. The van der Waals surface area contributed by atoms with Crippen molar-refractivity contribution in [3.8, 4) is 22.5 Å². The molecule has 4 rings (SSSR count). The minimum atomic E-state index is -0.973. The fourth-order valence-electron chi connectivity index (χ4n) is 3.25. The smallest absolute Gasteiger partial charge is 0.306 e. The lowest BCUT2D eigenvalue weighted by molar-refractivity contribution is -0.387. The van der Waals surface area contributed by atoms with Crippen LogP contribution in [0.25, 0.3) is 22.5 Å². The van der Waals surface area contributed by atoms with E-state index >= 15 is 0 Å². The van der Waals surface area contributed by atoms with Crippen molar-refractivity contribution in [2.45, 2.75) is 19.0 Å². The third-order valence-corrected chi connectivity index (χ3v) is 5.91. The Kier molecular flexibility index (Phi) is 7.11. The first-order valence-electron chi connectivity index (χ1n) is 10.6. The molecule has 35 heavy (non-hydrogen) atoms. The molecule has 1 heterocycles. The summed E-state index contributed by atoms with van der Waals surface area (Å²) in [4.78, 5) is 27.1. The number of rotatable bonds is 7. The fourth-order valence-corrected chi connectivity index (χ4v) is 3.84. The van der Waals surface area contributed by atoms with Crippen molar-refractivity contribution in [2.75, 3.05) is 11.1 Å². The van der Waals surface area contributed by atoms with E-state index in [0.29, 0.717) is 16.5 Å². The zero-order chi connectivity index (χ0) is 24.9. The Balaban J connectivity index is 1.55. The second kappa shape index (κ2) is 10.4. The number of thioether (sulfide) groups is 1. The average molecular weight is 490 g/mol. The molecule has 8 nitrogen and oxygen atoms in total. The Hall–Kier alpha value is -4.18. The van der Waals surface area contributed by atoms with Gasteiger partial charge in [-0.25, -0.2) is 4.98 Å². The molecular weight excluding hydrogens is 469 g/mol. The van der Waals surface area contributed by atoms with Crippen molar-refractivity contribution in [1.29, 1.82) is 0 Å². The normalized spacial score (nSPS) is 10.7. The van der Waals surface area contributed by atoms with E-state index in [0.717, 1.165) is 46.1 Å². The topological polar surface area (TPSA) is 111 Å². The number of nitro groups is 1. The van der Waals surface area contributed by atoms with E-state index in [1.54, 1.807) is 0 Å². The standard InChI is InChI=1S/C25H20FN5O3S/c1-15-3-7-17(8-4-15)23-24(18-9-5-16(2)6-10-18)29-30-25(28-23)35-14-22(32)27-19-11-12-20(26)21(13-19)31(33)34/h3-13H,14H2,1-2H3,(H,27,32). The van der Waals surface area contributed by atoms with E-state index < -0.39 is 22.3 Å². The van der Waals surface area contributed by atoms with Crippen LogP contribution in [0.5, 0.6) is 0 Å². The van der Waals surface area contributed by atoms with Gasteiger partial charge in [0, 0.05) is 22.9 Å². The van der Waals surface area contributed by atoms with Crippen LogP contribution in [-0.2, 0) is 4.79 Å². The van der Waals surface area contributed by atoms with E-state index in [9.17, 15) is 19.3 Å². The molecule has 1 N–H and O–H groups in total. The highest BCUT2D eigenvalue weighted by molar-refractivity contribution is 7.99. The van der Waals surface area contributed by atoms with Crippen LogP contribution >= 0.6 is 11.8 Å². The molecule has 10 heteroatoms.